The van der Waals surface area contributed by atoms with Crippen LogP contribution in [0.1, 0.15) is 17.5 Å². The predicted octanol–water partition coefficient (Wildman–Crippen LogP) is 3.25. The molecule has 2 aromatic carbocycles. The molecular formula is C15H12O2. The molecule has 84 valence electrons. The molecule has 0 aromatic heterocycles. The standard InChI is InChI=1S/C15H12O2/c16-15(17)13-7-3-5-11-9-8-10-4-1-2-6-12(10)14(11)13/h1-2,4,6-9H,3,5H2,(H,16,17). The molecular weight excluding hydrogens is 212 g/mol. The van der Waals surface area contributed by atoms with E-state index in [1.165, 1.54) is 0 Å². The molecule has 1 aliphatic carbocycles. The molecule has 3 rings (SSSR count). The van der Waals surface area contributed by atoms with Gasteiger partial charge < -0.3 is 5.11 Å². The van der Waals surface area contributed by atoms with Crippen LogP contribution in [0.5, 0.6) is 0 Å². The van der Waals surface area contributed by atoms with Crippen molar-refractivity contribution in [1.29, 1.82) is 0 Å². The number of carboxylic acid groups (broad SMARTS) is 1. The number of fused-ring (bicyclic) bond motifs is 3. The maximum absolute atomic E-state index is 11.3. The summed E-state index contributed by atoms with van der Waals surface area (Å²) in [5.41, 5.74) is 2.49. The van der Waals surface area contributed by atoms with Gasteiger partial charge in [0.25, 0.3) is 0 Å². The number of hydrogen-bond acceptors (Lipinski definition) is 1. The van der Waals surface area contributed by atoms with Crippen LogP contribution >= 0.6 is 0 Å². The van der Waals surface area contributed by atoms with Gasteiger partial charge in [-0.1, -0.05) is 42.5 Å². The van der Waals surface area contributed by atoms with Crippen LogP contribution in [0.2, 0.25) is 0 Å². The van der Waals surface area contributed by atoms with Gasteiger partial charge in [0, 0.05) is 0 Å². The number of aryl methyl sites for hydroxylation is 1. The molecule has 0 heterocycles. The molecule has 1 N–H and O–H groups in total. The third-order valence-electron chi connectivity index (χ3n) is 3.28. The molecule has 1 aliphatic rings. The second-order valence-corrected chi connectivity index (χ2v) is 4.28. The van der Waals surface area contributed by atoms with Gasteiger partial charge in [0.1, 0.15) is 0 Å². The number of rotatable bonds is 1. The highest BCUT2D eigenvalue weighted by Crippen LogP contribution is 2.33. The Morgan fingerprint density at radius 1 is 1.12 bits per heavy atom. The Hall–Kier alpha value is -2.09. The number of benzene rings is 2. The monoisotopic (exact) mass is 224 g/mol. The van der Waals surface area contributed by atoms with E-state index in [0.717, 1.165) is 34.7 Å². The zero-order chi connectivity index (χ0) is 11.8. The van der Waals surface area contributed by atoms with E-state index in [1.54, 1.807) is 0 Å². The van der Waals surface area contributed by atoms with Gasteiger partial charge in [0.2, 0.25) is 0 Å². The van der Waals surface area contributed by atoms with Crippen LogP contribution in [-0.2, 0) is 11.2 Å². The Morgan fingerprint density at radius 2 is 1.94 bits per heavy atom. The van der Waals surface area contributed by atoms with Crippen molar-refractivity contribution in [3.05, 3.63) is 53.6 Å². The van der Waals surface area contributed by atoms with Crippen molar-refractivity contribution in [1.82, 2.24) is 0 Å². The van der Waals surface area contributed by atoms with Crippen molar-refractivity contribution in [2.75, 3.05) is 0 Å². The summed E-state index contributed by atoms with van der Waals surface area (Å²) >= 11 is 0. The third kappa shape index (κ3) is 1.53. The third-order valence-corrected chi connectivity index (χ3v) is 3.28. The van der Waals surface area contributed by atoms with E-state index in [2.05, 4.69) is 6.07 Å². The predicted molar refractivity (Wildman–Crippen MR) is 67.9 cm³/mol. The van der Waals surface area contributed by atoms with E-state index in [0.29, 0.717) is 5.57 Å². The Labute approximate surface area is 99.2 Å². The van der Waals surface area contributed by atoms with Crippen LogP contribution in [0.15, 0.2) is 42.5 Å². The molecule has 2 heteroatoms. The van der Waals surface area contributed by atoms with E-state index in [-0.39, 0.29) is 0 Å². The molecule has 0 saturated carbocycles. The molecule has 0 spiro atoms. The van der Waals surface area contributed by atoms with E-state index >= 15 is 0 Å². The van der Waals surface area contributed by atoms with Crippen LogP contribution in [-0.4, -0.2) is 11.1 Å². The highest BCUT2D eigenvalue weighted by Gasteiger charge is 2.20. The Balaban J connectivity index is 2.38. The van der Waals surface area contributed by atoms with E-state index < -0.39 is 5.97 Å². The van der Waals surface area contributed by atoms with E-state index in [4.69, 9.17) is 0 Å². The lowest BCUT2D eigenvalue weighted by molar-refractivity contribution is -0.130. The average Bonchev–Trinajstić information content (AvgIpc) is 2.37. The molecule has 0 radical (unpaired) electrons. The molecule has 0 atom stereocenters. The summed E-state index contributed by atoms with van der Waals surface area (Å²) in [6.45, 7) is 0. The van der Waals surface area contributed by atoms with Crippen LogP contribution in [0, 0.1) is 0 Å². The molecule has 0 amide bonds. The van der Waals surface area contributed by atoms with Crippen LogP contribution in [0.4, 0.5) is 0 Å². The van der Waals surface area contributed by atoms with Crippen molar-refractivity contribution in [2.45, 2.75) is 12.8 Å². The fraction of sp³-hybridized carbons (Fsp3) is 0.133. The molecule has 0 fully saturated rings. The largest absolute Gasteiger partial charge is 0.478 e. The second-order valence-electron chi connectivity index (χ2n) is 4.28. The molecule has 0 saturated heterocycles. The van der Waals surface area contributed by atoms with Gasteiger partial charge in [-0.15, -0.1) is 0 Å². The van der Waals surface area contributed by atoms with Crippen LogP contribution < -0.4 is 0 Å². The van der Waals surface area contributed by atoms with Crippen molar-refractivity contribution in [3.8, 4) is 0 Å². The van der Waals surface area contributed by atoms with Crippen molar-refractivity contribution >= 4 is 22.3 Å². The lowest BCUT2D eigenvalue weighted by Gasteiger charge is -2.17. The van der Waals surface area contributed by atoms with Crippen molar-refractivity contribution in [2.24, 2.45) is 0 Å². The second kappa shape index (κ2) is 3.74. The van der Waals surface area contributed by atoms with Crippen LogP contribution in [0.25, 0.3) is 16.3 Å². The highest BCUT2D eigenvalue weighted by atomic mass is 16.4. The van der Waals surface area contributed by atoms with Crippen molar-refractivity contribution < 1.29 is 9.90 Å². The summed E-state index contributed by atoms with van der Waals surface area (Å²) in [4.78, 5) is 11.3. The van der Waals surface area contributed by atoms with E-state index in [1.807, 2.05) is 36.4 Å². The van der Waals surface area contributed by atoms with Gasteiger partial charge in [0.15, 0.2) is 0 Å². The van der Waals surface area contributed by atoms with Gasteiger partial charge in [0.05, 0.1) is 5.57 Å². The summed E-state index contributed by atoms with van der Waals surface area (Å²) < 4.78 is 0. The molecule has 0 aliphatic heterocycles. The summed E-state index contributed by atoms with van der Waals surface area (Å²) in [6.07, 6.45) is 3.57. The molecule has 17 heavy (non-hydrogen) atoms. The summed E-state index contributed by atoms with van der Waals surface area (Å²) in [7, 11) is 0. The van der Waals surface area contributed by atoms with Crippen LogP contribution in [0.3, 0.4) is 0 Å². The Kier molecular flexibility index (Phi) is 2.22. The van der Waals surface area contributed by atoms with Gasteiger partial charge in [-0.2, -0.15) is 0 Å². The fourth-order valence-electron chi connectivity index (χ4n) is 2.51. The summed E-state index contributed by atoms with van der Waals surface area (Å²) in [5.74, 6) is -0.831. The number of carboxylic acids is 1. The minimum atomic E-state index is -0.831. The molecule has 2 aromatic rings. The summed E-state index contributed by atoms with van der Waals surface area (Å²) in [5, 5.41) is 11.4. The fourth-order valence-corrected chi connectivity index (χ4v) is 2.51. The number of aliphatic carboxylic acids is 1. The maximum atomic E-state index is 11.3. The lowest BCUT2D eigenvalue weighted by Crippen LogP contribution is -2.08. The quantitative estimate of drug-likeness (QED) is 0.807. The topological polar surface area (TPSA) is 37.3 Å². The van der Waals surface area contributed by atoms with E-state index in [9.17, 15) is 9.90 Å². The molecule has 2 nitrogen and oxygen atoms in total. The normalized spacial score (nSPS) is 14.2. The highest BCUT2D eigenvalue weighted by molar-refractivity contribution is 6.20. The van der Waals surface area contributed by atoms with Crippen molar-refractivity contribution in [3.63, 3.8) is 0 Å². The first-order chi connectivity index (χ1) is 8.27. The first kappa shape index (κ1) is 10.1. The lowest BCUT2D eigenvalue weighted by atomic mass is 9.87. The van der Waals surface area contributed by atoms with Gasteiger partial charge in [-0.3, -0.25) is 0 Å². The molecule has 0 unspecified atom stereocenters. The minimum Gasteiger partial charge on any atom is -0.478 e. The van der Waals surface area contributed by atoms with Gasteiger partial charge in [-0.25, -0.2) is 4.79 Å². The number of allylic oxidation sites excluding steroid dienone is 1. The first-order valence-electron chi connectivity index (χ1n) is 5.72. The summed E-state index contributed by atoms with van der Waals surface area (Å²) in [6, 6.07) is 12.1. The number of hydrogen-bond donors (Lipinski definition) is 1. The minimum absolute atomic E-state index is 0.447. The van der Waals surface area contributed by atoms with Gasteiger partial charge in [-0.05, 0) is 34.7 Å². The SMILES string of the molecule is O=C(O)C1=CCCc2ccc3ccccc3c21. The first-order valence-corrected chi connectivity index (χ1v) is 5.72. The zero-order valence-corrected chi connectivity index (χ0v) is 9.31. The zero-order valence-electron chi connectivity index (χ0n) is 9.31. The van der Waals surface area contributed by atoms with Gasteiger partial charge >= 0.3 is 5.97 Å². The maximum Gasteiger partial charge on any atom is 0.335 e. The average molecular weight is 224 g/mol. The Bertz CT molecular complexity index is 638. The molecule has 0 bridgehead atoms. The smallest absolute Gasteiger partial charge is 0.335 e. The number of carbonyl (C=O) groups is 1. The Morgan fingerprint density at radius 3 is 2.76 bits per heavy atom.